The minimum absolute atomic E-state index is 1.04. The summed E-state index contributed by atoms with van der Waals surface area (Å²) in [6, 6.07) is 0. The highest BCUT2D eigenvalue weighted by atomic mass is 16.2. The summed E-state index contributed by atoms with van der Waals surface area (Å²) in [5, 5.41) is 8.33. The average molecular weight is 194 g/mol. The fourth-order valence-corrected chi connectivity index (χ4v) is 1.22. The van der Waals surface area contributed by atoms with Crippen molar-refractivity contribution in [2.24, 2.45) is 0 Å². The molecule has 1 nitrogen and oxygen atoms in total. The van der Waals surface area contributed by atoms with E-state index in [4.69, 9.17) is 5.11 Å². The quantitative estimate of drug-likeness (QED) is 0.342. The van der Waals surface area contributed by atoms with E-state index < -0.39 is 0 Å². The first-order valence-electron chi connectivity index (χ1n) is 5.54. The van der Waals surface area contributed by atoms with Crippen LogP contribution < -0.4 is 0 Å². The van der Waals surface area contributed by atoms with Crippen molar-refractivity contribution in [1.29, 1.82) is 0 Å². The Hall–Kier alpha value is -0.980. The van der Waals surface area contributed by atoms with Gasteiger partial charge in [-0.25, -0.2) is 0 Å². The molecule has 0 aromatic rings. The fraction of sp³-hybridized carbons (Fsp3) is 0.538. The first kappa shape index (κ1) is 13.0. The Bertz CT molecular complexity index is 178. The van der Waals surface area contributed by atoms with Gasteiger partial charge in [0.1, 0.15) is 0 Å². The third-order valence-electron chi connectivity index (χ3n) is 2.03. The van der Waals surface area contributed by atoms with E-state index in [9.17, 15) is 0 Å². The standard InChI is InChI=1S/C13H22O/c1-2-3-4-5-6-7-8-9-10-11-12-13-14/h8-14H,2-7H2,1H3/b9-8+,11-10+,13-12+. The number of allylic oxidation sites excluding steroid dienone is 5. The summed E-state index contributed by atoms with van der Waals surface area (Å²) in [7, 11) is 0. The van der Waals surface area contributed by atoms with Gasteiger partial charge in [0.25, 0.3) is 0 Å². The number of unbranched alkanes of at least 4 members (excludes halogenated alkanes) is 5. The molecular weight excluding hydrogens is 172 g/mol. The molecule has 0 aliphatic carbocycles. The molecule has 0 saturated carbocycles. The van der Waals surface area contributed by atoms with Crippen LogP contribution in [0.4, 0.5) is 0 Å². The minimum Gasteiger partial charge on any atom is -0.516 e. The van der Waals surface area contributed by atoms with Gasteiger partial charge >= 0.3 is 0 Å². The van der Waals surface area contributed by atoms with Gasteiger partial charge in [-0.3, -0.25) is 0 Å². The maximum absolute atomic E-state index is 8.33. The fourth-order valence-electron chi connectivity index (χ4n) is 1.22. The molecule has 0 aromatic heterocycles. The Labute approximate surface area is 87.8 Å². The van der Waals surface area contributed by atoms with Crippen LogP contribution in [0, 0.1) is 0 Å². The van der Waals surface area contributed by atoms with Crippen LogP contribution in [0.25, 0.3) is 0 Å². The monoisotopic (exact) mass is 194 g/mol. The second-order valence-electron chi connectivity index (χ2n) is 3.36. The maximum Gasteiger partial charge on any atom is 0.0791 e. The number of aliphatic hydroxyl groups is 1. The zero-order chi connectivity index (χ0) is 10.5. The van der Waals surface area contributed by atoms with Gasteiger partial charge in [-0.2, -0.15) is 0 Å². The van der Waals surface area contributed by atoms with Crippen LogP contribution in [0.2, 0.25) is 0 Å². The smallest absolute Gasteiger partial charge is 0.0791 e. The van der Waals surface area contributed by atoms with E-state index in [0.717, 1.165) is 12.7 Å². The minimum atomic E-state index is 1.04. The van der Waals surface area contributed by atoms with E-state index in [0.29, 0.717) is 0 Å². The van der Waals surface area contributed by atoms with Gasteiger partial charge in [-0.05, 0) is 18.9 Å². The van der Waals surface area contributed by atoms with Crippen molar-refractivity contribution >= 4 is 0 Å². The first-order valence-corrected chi connectivity index (χ1v) is 5.54. The molecule has 80 valence electrons. The third-order valence-corrected chi connectivity index (χ3v) is 2.03. The summed E-state index contributed by atoms with van der Waals surface area (Å²) < 4.78 is 0. The van der Waals surface area contributed by atoms with Crippen molar-refractivity contribution < 1.29 is 5.11 Å². The van der Waals surface area contributed by atoms with Crippen molar-refractivity contribution in [3.63, 3.8) is 0 Å². The van der Waals surface area contributed by atoms with Gasteiger partial charge in [0.2, 0.25) is 0 Å². The van der Waals surface area contributed by atoms with Crippen LogP contribution >= 0.6 is 0 Å². The maximum atomic E-state index is 8.33. The molecule has 0 radical (unpaired) electrons. The predicted octanol–water partition coefficient (Wildman–Crippen LogP) is 4.53. The molecular formula is C13H22O. The van der Waals surface area contributed by atoms with E-state index in [1.807, 2.05) is 18.2 Å². The van der Waals surface area contributed by atoms with Gasteiger partial charge < -0.3 is 5.11 Å². The number of rotatable bonds is 8. The van der Waals surface area contributed by atoms with Crippen LogP contribution in [0.5, 0.6) is 0 Å². The molecule has 0 unspecified atom stereocenters. The Balaban J connectivity index is 3.18. The molecule has 0 fully saturated rings. The van der Waals surface area contributed by atoms with E-state index in [-0.39, 0.29) is 0 Å². The van der Waals surface area contributed by atoms with Crippen molar-refractivity contribution in [2.45, 2.75) is 45.4 Å². The van der Waals surface area contributed by atoms with E-state index >= 15 is 0 Å². The van der Waals surface area contributed by atoms with Gasteiger partial charge in [0.05, 0.1) is 6.26 Å². The average Bonchev–Trinajstić information content (AvgIpc) is 2.21. The summed E-state index contributed by atoms with van der Waals surface area (Å²) in [5.41, 5.74) is 0. The Kier molecular flexibility index (Phi) is 11.2. The van der Waals surface area contributed by atoms with Crippen LogP contribution in [-0.4, -0.2) is 5.11 Å². The van der Waals surface area contributed by atoms with Crippen molar-refractivity contribution in [1.82, 2.24) is 0 Å². The van der Waals surface area contributed by atoms with Gasteiger partial charge in [0, 0.05) is 0 Å². The summed E-state index contributed by atoms with van der Waals surface area (Å²) in [6.07, 6.45) is 18.4. The summed E-state index contributed by atoms with van der Waals surface area (Å²) in [5.74, 6) is 0. The Morgan fingerprint density at radius 3 is 2.29 bits per heavy atom. The molecule has 0 spiro atoms. The molecule has 0 amide bonds. The Morgan fingerprint density at radius 2 is 1.57 bits per heavy atom. The summed E-state index contributed by atoms with van der Waals surface area (Å²) in [6.45, 7) is 2.24. The molecule has 0 aliphatic heterocycles. The van der Waals surface area contributed by atoms with Crippen molar-refractivity contribution in [2.75, 3.05) is 0 Å². The van der Waals surface area contributed by atoms with Crippen molar-refractivity contribution in [3.05, 3.63) is 36.6 Å². The van der Waals surface area contributed by atoms with Crippen LogP contribution in [-0.2, 0) is 0 Å². The number of aliphatic hydroxyl groups excluding tert-OH is 1. The van der Waals surface area contributed by atoms with Crippen LogP contribution in [0.3, 0.4) is 0 Å². The molecule has 1 N–H and O–H groups in total. The van der Waals surface area contributed by atoms with Gasteiger partial charge in [0.15, 0.2) is 0 Å². The predicted molar refractivity (Wildman–Crippen MR) is 63.4 cm³/mol. The molecule has 0 aliphatic rings. The SMILES string of the molecule is CCCCCCC/C=C/C=C/C=C/O. The summed E-state index contributed by atoms with van der Waals surface area (Å²) >= 11 is 0. The number of hydrogen-bond donors (Lipinski definition) is 1. The second kappa shape index (κ2) is 12.0. The third kappa shape index (κ3) is 11.0. The highest BCUT2D eigenvalue weighted by Gasteiger charge is 1.85. The van der Waals surface area contributed by atoms with Crippen LogP contribution in [0.15, 0.2) is 36.6 Å². The lowest BCUT2D eigenvalue weighted by atomic mass is 10.1. The highest BCUT2D eigenvalue weighted by molar-refractivity contribution is 5.09. The molecule has 0 atom stereocenters. The van der Waals surface area contributed by atoms with Gasteiger partial charge in [-0.1, -0.05) is 56.9 Å². The summed E-state index contributed by atoms with van der Waals surface area (Å²) in [4.78, 5) is 0. The zero-order valence-corrected chi connectivity index (χ0v) is 9.15. The van der Waals surface area contributed by atoms with Crippen molar-refractivity contribution in [3.8, 4) is 0 Å². The first-order chi connectivity index (χ1) is 6.91. The second-order valence-corrected chi connectivity index (χ2v) is 3.36. The van der Waals surface area contributed by atoms with E-state index in [1.54, 1.807) is 6.08 Å². The molecule has 14 heavy (non-hydrogen) atoms. The topological polar surface area (TPSA) is 20.2 Å². The zero-order valence-electron chi connectivity index (χ0n) is 9.15. The molecule has 0 heterocycles. The van der Waals surface area contributed by atoms with E-state index in [2.05, 4.69) is 13.0 Å². The molecule has 0 aromatic carbocycles. The number of hydrogen-bond acceptors (Lipinski definition) is 1. The van der Waals surface area contributed by atoms with E-state index in [1.165, 1.54) is 32.1 Å². The largest absolute Gasteiger partial charge is 0.516 e. The molecule has 0 rings (SSSR count). The lowest BCUT2D eigenvalue weighted by molar-refractivity contribution is 0.474. The van der Waals surface area contributed by atoms with Gasteiger partial charge in [-0.15, -0.1) is 0 Å². The lowest BCUT2D eigenvalue weighted by Crippen LogP contribution is -1.75. The normalized spacial score (nSPS) is 12.4. The lowest BCUT2D eigenvalue weighted by Gasteiger charge is -1.95. The van der Waals surface area contributed by atoms with Crippen LogP contribution in [0.1, 0.15) is 45.4 Å². The molecule has 0 saturated heterocycles. The highest BCUT2D eigenvalue weighted by Crippen LogP contribution is 2.05. The molecule has 1 heteroatoms. The Morgan fingerprint density at radius 1 is 0.857 bits per heavy atom. The molecule has 0 bridgehead atoms.